The maximum atomic E-state index is 11.8. The summed E-state index contributed by atoms with van der Waals surface area (Å²) in [5.74, 6) is 0.980. The fourth-order valence-corrected chi connectivity index (χ4v) is 3.74. The Balaban J connectivity index is 2.35. The molecule has 0 heterocycles. The van der Waals surface area contributed by atoms with Crippen LogP contribution >= 0.6 is 0 Å². The number of hydrogen-bond donors (Lipinski definition) is 2. The molecule has 5 heteroatoms. The van der Waals surface area contributed by atoms with E-state index in [-0.39, 0.29) is 11.8 Å². The molecule has 0 spiro atoms. The van der Waals surface area contributed by atoms with Crippen molar-refractivity contribution in [3.63, 3.8) is 0 Å². The van der Waals surface area contributed by atoms with Crippen LogP contribution in [0.5, 0.6) is 0 Å². The van der Waals surface area contributed by atoms with E-state index in [0.717, 1.165) is 38.1 Å². The highest BCUT2D eigenvalue weighted by molar-refractivity contribution is 7.89. The maximum Gasteiger partial charge on any atom is 0.211 e. The molecule has 2 unspecified atom stereocenters. The van der Waals surface area contributed by atoms with E-state index in [4.69, 9.17) is 0 Å². The molecule has 0 amide bonds. The van der Waals surface area contributed by atoms with Crippen LogP contribution in [0.2, 0.25) is 0 Å². The van der Waals surface area contributed by atoms with E-state index in [9.17, 15) is 8.42 Å². The fraction of sp³-hybridized carbons (Fsp3) is 1.00. The van der Waals surface area contributed by atoms with Crippen molar-refractivity contribution in [3.05, 3.63) is 0 Å². The molecule has 1 rings (SSSR count). The highest BCUT2D eigenvalue weighted by atomic mass is 32.2. The van der Waals surface area contributed by atoms with Crippen molar-refractivity contribution in [2.75, 3.05) is 19.3 Å². The van der Waals surface area contributed by atoms with E-state index < -0.39 is 10.0 Å². The third-order valence-electron chi connectivity index (χ3n) is 3.44. The summed E-state index contributed by atoms with van der Waals surface area (Å²) in [4.78, 5) is 0. The van der Waals surface area contributed by atoms with Gasteiger partial charge in [-0.1, -0.05) is 19.8 Å². The van der Waals surface area contributed by atoms with E-state index in [1.807, 2.05) is 7.05 Å². The Kier molecular flexibility index (Phi) is 6.44. The summed E-state index contributed by atoms with van der Waals surface area (Å²) in [5.41, 5.74) is 0. The molecule has 2 atom stereocenters. The van der Waals surface area contributed by atoms with Crippen molar-refractivity contribution in [3.8, 4) is 0 Å². The summed E-state index contributed by atoms with van der Waals surface area (Å²) in [6, 6.07) is 0.166. The van der Waals surface area contributed by atoms with Gasteiger partial charge in [0, 0.05) is 6.04 Å². The Morgan fingerprint density at radius 3 is 2.65 bits per heavy atom. The lowest BCUT2D eigenvalue weighted by molar-refractivity contribution is 0.484. The average molecular weight is 262 g/mol. The van der Waals surface area contributed by atoms with E-state index in [0.29, 0.717) is 6.42 Å². The van der Waals surface area contributed by atoms with E-state index >= 15 is 0 Å². The molecule has 1 fully saturated rings. The summed E-state index contributed by atoms with van der Waals surface area (Å²) in [6.45, 7) is 3.01. The van der Waals surface area contributed by atoms with Gasteiger partial charge in [0.15, 0.2) is 0 Å². The van der Waals surface area contributed by atoms with Crippen molar-refractivity contribution >= 4 is 10.0 Å². The lowest BCUT2D eigenvalue weighted by Crippen LogP contribution is -2.36. The topological polar surface area (TPSA) is 58.2 Å². The van der Waals surface area contributed by atoms with Gasteiger partial charge < -0.3 is 5.32 Å². The molecule has 4 nitrogen and oxygen atoms in total. The first-order chi connectivity index (χ1) is 8.03. The van der Waals surface area contributed by atoms with Crippen molar-refractivity contribution in [2.24, 2.45) is 5.92 Å². The Morgan fingerprint density at radius 1 is 1.18 bits per heavy atom. The lowest BCUT2D eigenvalue weighted by Gasteiger charge is -2.16. The Bertz CT molecular complexity index is 304. The molecular formula is C12H26N2O2S. The summed E-state index contributed by atoms with van der Waals surface area (Å²) in [7, 11) is -1.24. The van der Waals surface area contributed by atoms with Gasteiger partial charge in [-0.05, 0) is 45.2 Å². The summed E-state index contributed by atoms with van der Waals surface area (Å²) < 4.78 is 26.5. The largest absolute Gasteiger partial charge is 0.320 e. The van der Waals surface area contributed by atoms with Crippen LogP contribution in [0.25, 0.3) is 0 Å². The van der Waals surface area contributed by atoms with Gasteiger partial charge in [0.2, 0.25) is 10.0 Å². The fourth-order valence-electron chi connectivity index (χ4n) is 2.36. The maximum absolute atomic E-state index is 11.8. The van der Waals surface area contributed by atoms with Gasteiger partial charge in [-0.25, -0.2) is 13.1 Å². The van der Waals surface area contributed by atoms with E-state index in [2.05, 4.69) is 17.0 Å². The SMILES string of the molecule is CNCCCS(=O)(=O)NC1CCCC(C)CC1. The van der Waals surface area contributed by atoms with Gasteiger partial charge in [-0.3, -0.25) is 0 Å². The van der Waals surface area contributed by atoms with Crippen LogP contribution < -0.4 is 10.0 Å². The van der Waals surface area contributed by atoms with Gasteiger partial charge in [-0.15, -0.1) is 0 Å². The molecular weight excluding hydrogens is 236 g/mol. The first-order valence-corrected chi connectivity index (χ1v) is 8.33. The van der Waals surface area contributed by atoms with Crippen LogP contribution in [-0.2, 0) is 10.0 Å². The van der Waals surface area contributed by atoms with Crippen molar-refractivity contribution in [2.45, 2.75) is 51.5 Å². The zero-order chi connectivity index (χ0) is 12.7. The zero-order valence-electron chi connectivity index (χ0n) is 11.0. The van der Waals surface area contributed by atoms with Gasteiger partial charge >= 0.3 is 0 Å². The highest BCUT2D eigenvalue weighted by Crippen LogP contribution is 2.22. The molecule has 1 aliphatic rings. The van der Waals surface area contributed by atoms with Gasteiger partial charge in [-0.2, -0.15) is 0 Å². The van der Waals surface area contributed by atoms with Crippen LogP contribution in [-0.4, -0.2) is 33.8 Å². The number of nitrogens with one attached hydrogen (secondary N) is 2. The smallest absolute Gasteiger partial charge is 0.211 e. The van der Waals surface area contributed by atoms with Crippen molar-refractivity contribution in [1.29, 1.82) is 0 Å². The lowest BCUT2D eigenvalue weighted by atomic mass is 10.0. The molecule has 0 aliphatic heterocycles. The van der Waals surface area contributed by atoms with Gasteiger partial charge in [0.05, 0.1) is 5.75 Å². The Morgan fingerprint density at radius 2 is 1.94 bits per heavy atom. The average Bonchev–Trinajstić information content (AvgIpc) is 2.43. The summed E-state index contributed by atoms with van der Waals surface area (Å²) >= 11 is 0. The van der Waals surface area contributed by atoms with Crippen LogP contribution in [0.4, 0.5) is 0 Å². The second-order valence-corrected chi connectivity index (χ2v) is 7.08. The predicted octanol–water partition coefficient (Wildman–Crippen LogP) is 1.48. The number of sulfonamides is 1. The van der Waals surface area contributed by atoms with E-state index in [1.54, 1.807) is 0 Å². The third-order valence-corrected chi connectivity index (χ3v) is 4.96. The Labute approximate surface area is 106 Å². The minimum absolute atomic E-state index is 0.166. The molecule has 102 valence electrons. The molecule has 2 N–H and O–H groups in total. The molecule has 1 saturated carbocycles. The molecule has 0 bridgehead atoms. The molecule has 0 saturated heterocycles. The first-order valence-electron chi connectivity index (χ1n) is 6.68. The second-order valence-electron chi connectivity index (χ2n) is 5.20. The van der Waals surface area contributed by atoms with Crippen molar-refractivity contribution in [1.82, 2.24) is 10.0 Å². The number of hydrogen-bond acceptors (Lipinski definition) is 3. The molecule has 0 aromatic carbocycles. The van der Waals surface area contributed by atoms with E-state index in [1.165, 1.54) is 6.42 Å². The normalized spacial score (nSPS) is 26.7. The quantitative estimate of drug-likeness (QED) is 0.563. The molecule has 0 radical (unpaired) electrons. The minimum Gasteiger partial charge on any atom is -0.320 e. The van der Waals surface area contributed by atoms with Crippen LogP contribution in [0.3, 0.4) is 0 Å². The third kappa shape index (κ3) is 6.38. The molecule has 0 aromatic rings. The molecule has 0 aromatic heterocycles. The summed E-state index contributed by atoms with van der Waals surface area (Å²) in [5, 5.41) is 2.97. The van der Waals surface area contributed by atoms with Crippen LogP contribution in [0, 0.1) is 5.92 Å². The minimum atomic E-state index is -3.08. The monoisotopic (exact) mass is 262 g/mol. The van der Waals surface area contributed by atoms with Crippen molar-refractivity contribution < 1.29 is 8.42 Å². The van der Waals surface area contributed by atoms with Gasteiger partial charge in [0.1, 0.15) is 0 Å². The Hall–Kier alpha value is -0.130. The second kappa shape index (κ2) is 7.34. The standard InChI is InChI=1S/C12H26N2O2S/c1-11-5-3-6-12(8-7-11)14-17(15,16)10-4-9-13-2/h11-14H,3-10H2,1-2H3. The summed E-state index contributed by atoms with van der Waals surface area (Å²) in [6.07, 6.45) is 6.18. The predicted molar refractivity (Wildman–Crippen MR) is 71.5 cm³/mol. The van der Waals surface area contributed by atoms with Crippen LogP contribution in [0.1, 0.15) is 45.4 Å². The van der Waals surface area contributed by atoms with Gasteiger partial charge in [0.25, 0.3) is 0 Å². The number of rotatable bonds is 6. The molecule has 1 aliphatic carbocycles. The first kappa shape index (κ1) is 14.9. The highest BCUT2D eigenvalue weighted by Gasteiger charge is 2.20. The van der Waals surface area contributed by atoms with Crippen LogP contribution in [0.15, 0.2) is 0 Å². The molecule has 17 heavy (non-hydrogen) atoms. The zero-order valence-corrected chi connectivity index (χ0v) is 11.9.